The molecule has 0 aliphatic carbocycles. The van der Waals surface area contributed by atoms with Crippen molar-refractivity contribution >= 4 is 51.0 Å². The number of hydrogen-bond acceptors (Lipinski definition) is 5. The van der Waals surface area contributed by atoms with Crippen LogP contribution in [-0.2, 0) is 4.79 Å². The van der Waals surface area contributed by atoms with Gasteiger partial charge in [0.2, 0.25) is 5.91 Å². The summed E-state index contributed by atoms with van der Waals surface area (Å²) >= 11 is 4.96. The van der Waals surface area contributed by atoms with E-state index in [4.69, 9.17) is 0 Å². The highest BCUT2D eigenvalue weighted by Crippen LogP contribution is 2.29. The molecule has 1 heterocycles. The number of aromatic nitrogens is 1. The number of hydrogen-bond donors (Lipinski definition) is 1. The number of amides is 1. The lowest BCUT2D eigenvalue weighted by Gasteiger charge is -2.04. The van der Waals surface area contributed by atoms with E-state index in [1.54, 1.807) is 11.3 Å². The summed E-state index contributed by atoms with van der Waals surface area (Å²) in [5, 5.41) is 2.98. The van der Waals surface area contributed by atoms with Crippen molar-refractivity contribution in [3.63, 3.8) is 0 Å². The van der Waals surface area contributed by atoms with E-state index in [1.807, 2.05) is 48.2 Å². The van der Waals surface area contributed by atoms with Crippen LogP contribution in [0.25, 0.3) is 10.2 Å². The smallest absolute Gasteiger partial charge is 0.230 e. The Bertz CT molecular complexity index is 756. The van der Waals surface area contributed by atoms with Crippen LogP contribution in [0.15, 0.2) is 63.8 Å². The second-order valence-corrected chi connectivity index (χ2v) is 8.52. The lowest BCUT2D eigenvalue weighted by molar-refractivity contribution is -0.118. The van der Waals surface area contributed by atoms with Crippen LogP contribution >= 0.6 is 34.9 Å². The first-order chi connectivity index (χ1) is 11.8. The van der Waals surface area contributed by atoms with Gasteiger partial charge in [-0.2, -0.15) is 0 Å². The molecule has 1 amide bonds. The van der Waals surface area contributed by atoms with Gasteiger partial charge in [-0.15, -0.1) is 23.1 Å². The zero-order valence-electron chi connectivity index (χ0n) is 13.1. The molecule has 0 atom stereocenters. The van der Waals surface area contributed by atoms with E-state index in [1.165, 1.54) is 21.4 Å². The van der Waals surface area contributed by atoms with E-state index in [2.05, 4.69) is 28.5 Å². The molecule has 3 nitrogen and oxygen atoms in total. The topological polar surface area (TPSA) is 42.0 Å². The number of nitrogens with zero attached hydrogens (tertiary/aromatic N) is 1. The van der Waals surface area contributed by atoms with Gasteiger partial charge in [0, 0.05) is 11.4 Å². The predicted molar refractivity (Wildman–Crippen MR) is 105 cm³/mol. The zero-order chi connectivity index (χ0) is 16.6. The number of carbonyl (C=O) groups excluding carboxylic acids is 1. The SMILES string of the molecule is O=C(CSc1nc2ccccc2s1)NCCCSc1ccccc1. The molecule has 0 saturated heterocycles. The highest BCUT2D eigenvalue weighted by atomic mass is 32.2. The summed E-state index contributed by atoms with van der Waals surface area (Å²) in [6.45, 7) is 0.721. The molecule has 0 aliphatic heterocycles. The van der Waals surface area contributed by atoms with Crippen LogP contribution in [0.2, 0.25) is 0 Å². The molecule has 24 heavy (non-hydrogen) atoms. The third-order valence-corrected chi connectivity index (χ3v) is 6.53. The van der Waals surface area contributed by atoms with Crippen LogP contribution in [0.4, 0.5) is 0 Å². The van der Waals surface area contributed by atoms with Gasteiger partial charge in [0.05, 0.1) is 16.0 Å². The minimum absolute atomic E-state index is 0.0731. The highest BCUT2D eigenvalue weighted by molar-refractivity contribution is 8.01. The molecule has 6 heteroatoms. The fraction of sp³-hybridized carbons (Fsp3) is 0.222. The van der Waals surface area contributed by atoms with Crippen molar-refractivity contribution in [3.8, 4) is 0 Å². The maximum absolute atomic E-state index is 11.9. The number of carbonyl (C=O) groups is 1. The molecule has 1 N–H and O–H groups in total. The molecule has 0 aliphatic rings. The first-order valence-corrected chi connectivity index (χ1v) is 10.5. The van der Waals surface area contributed by atoms with Crippen molar-refractivity contribution in [1.29, 1.82) is 0 Å². The van der Waals surface area contributed by atoms with Crippen LogP contribution in [0.3, 0.4) is 0 Å². The molecule has 0 bridgehead atoms. The average Bonchev–Trinajstić information content (AvgIpc) is 3.03. The van der Waals surface area contributed by atoms with Gasteiger partial charge in [-0.3, -0.25) is 4.79 Å². The molecule has 1 aromatic heterocycles. The summed E-state index contributed by atoms with van der Waals surface area (Å²) in [6.07, 6.45) is 0.969. The summed E-state index contributed by atoms with van der Waals surface area (Å²) in [5.41, 5.74) is 1.00. The summed E-state index contributed by atoms with van der Waals surface area (Å²) in [5.74, 6) is 1.50. The standard InChI is InChI=1S/C18H18N2OS3/c21-17(19-11-6-12-22-14-7-2-1-3-8-14)13-23-18-20-15-9-4-5-10-16(15)24-18/h1-5,7-10H,6,11-13H2,(H,19,21). The van der Waals surface area contributed by atoms with Gasteiger partial charge in [-0.25, -0.2) is 4.98 Å². The second-order valence-electron chi connectivity index (χ2n) is 5.10. The Labute approximate surface area is 154 Å². The second kappa shape index (κ2) is 9.11. The van der Waals surface area contributed by atoms with E-state index in [-0.39, 0.29) is 5.91 Å². The first kappa shape index (κ1) is 17.3. The molecule has 0 spiro atoms. The molecule has 124 valence electrons. The molecule has 0 fully saturated rings. The minimum atomic E-state index is 0.0731. The molecular weight excluding hydrogens is 356 g/mol. The maximum Gasteiger partial charge on any atom is 0.230 e. The van der Waals surface area contributed by atoms with Crippen molar-refractivity contribution in [1.82, 2.24) is 10.3 Å². The van der Waals surface area contributed by atoms with Gasteiger partial charge in [0.1, 0.15) is 0 Å². The van der Waals surface area contributed by atoms with Gasteiger partial charge in [-0.05, 0) is 36.4 Å². The number of para-hydroxylation sites is 1. The van der Waals surface area contributed by atoms with Gasteiger partial charge in [-0.1, -0.05) is 42.1 Å². The first-order valence-electron chi connectivity index (χ1n) is 7.74. The lowest BCUT2D eigenvalue weighted by atomic mass is 10.3. The summed E-state index contributed by atoms with van der Waals surface area (Å²) in [4.78, 5) is 17.7. The van der Waals surface area contributed by atoms with Gasteiger partial charge in [0.25, 0.3) is 0 Å². The Kier molecular flexibility index (Phi) is 6.57. The monoisotopic (exact) mass is 374 g/mol. The quantitative estimate of drug-likeness (QED) is 0.459. The van der Waals surface area contributed by atoms with Crippen LogP contribution in [0, 0.1) is 0 Å². The fourth-order valence-electron chi connectivity index (χ4n) is 2.10. The van der Waals surface area contributed by atoms with E-state index in [0.29, 0.717) is 5.75 Å². The van der Waals surface area contributed by atoms with Crippen molar-refractivity contribution in [2.75, 3.05) is 18.1 Å². The third kappa shape index (κ3) is 5.26. The van der Waals surface area contributed by atoms with Gasteiger partial charge < -0.3 is 5.32 Å². The van der Waals surface area contributed by atoms with Crippen LogP contribution in [-0.4, -0.2) is 28.9 Å². The molecule has 0 saturated carbocycles. The van der Waals surface area contributed by atoms with Crippen molar-refractivity contribution in [2.24, 2.45) is 0 Å². The number of thiazole rings is 1. The summed E-state index contributed by atoms with van der Waals surface area (Å²) < 4.78 is 2.12. The summed E-state index contributed by atoms with van der Waals surface area (Å²) in [7, 11) is 0. The highest BCUT2D eigenvalue weighted by Gasteiger charge is 2.07. The van der Waals surface area contributed by atoms with Gasteiger partial charge in [0.15, 0.2) is 4.34 Å². The van der Waals surface area contributed by atoms with Crippen molar-refractivity contribution in [3.05, 3.63) is 54.6 Å². The normalized spacial score (nSPS) is 10.8. The van der Waals surface area contributed by atoms with E-state index in [0.717, 1.165) is 28.6 Å². The molecule has 0 unspecified atom stereocenters. The van der Waals surface area contributed by atoms with Crippen molar-refractivity contribution < 1.29 is 4.79 Å². The molecular formula is C18H18N2OS3. The largest absolute Gasteiger partial charge is 0.355 e. The van der Waals surface area contributed by atoms with Crippen LogP contribution in [0.5, 0.6) is 0 Å². The molecule has 3 aromatic rings. The molecule has 0 radical (unpaired) electrons. The lowest BCUT2D eigenvalue weighted by Crippen LogP contribution is -2.26. The Morgan fingerprint density at radius 1 is 1.04 bits per heavy atom. The Morgan fingerprint density at radius 3 is 2.67 bits per heavy atom. The van der Waals surface area contributed by atoms with Crippen LogP contribution in [0.1, 0.15) is 6.42 Å². The number of thioether (sulfide) groups is 2. The average molecular weight is 375 g/mol. The zero-order valence-corrected chi connectivity index (χ0v) is 15.6. The third-order valence-electron chi connectivity index (χ3n) is 3.26. The number of rotatable bonds is 8. The maximum atomic E-state index is 11.9. The Balaban J connectivity index is 1.32. The fourth-order valence-corrected chi connectivity index (χ4v) is 4.87. The van der Waals surface area contributed by atoms with Crippen molar-refractivity contribution in [2.45, 2.75) is 15.7 Å². The Morgan fingerprint density at radius 2 is 1.83 bits per heavy atom. The molecule has 3 rings (SSSR count). The van der Waals surface area contributed by atoms with Crippen LogP contribution < -0.4 is 5.32 Å². The van der Waals surface area contributed by atoms with E-state index >= 15 is 0 Å². The van der Waals surface area contributed by atoms with E-state index < -0.39 is 0 Å². The van der Waals surface area contributed by atoms with E-state index in [9.17, 15) is 4.79 Å². The number of nitrogens with one attached hydrogen (secondary N) is 1. The predicted octanol–water partition coefficient (Wildman–Crippen LogP) is 4.69. The number of benzene rings is 2. The summed E-state index contributed by atoms with van der Waals surface area (Å²) in [6, 6.07) is 18.4. The minimum Gasteiger partial charge on any atom is -0.355 e. The number of fused-ring (bicyclic) bond motifs is 1. The molecule has 2 aromatic carbocycles. The Hall–Kier alpha value is -1.50. The van der Waals surface area contributed by atoms with Gasteiger partial charge >= 0.3 is 0 Å².